The van der Waals surface area contributed by atoms with Crippen molar-refractivity contribution in [2.24, 2.45) is 5.73 Å². The van der Waals surface area contributed by atoms with Crippen molar-refractivity contribution in [2.45, 2.75) is 6.43 Å². The fraction of sp³-hybridized carbons (Fsp3) is 0.143. The quantitative estimate of drug-likeness (QED) is 0.633. The fourth-order valence-electron chi connectivity index (χ4n) is 0.465. The molecule has 0 aromatic carbocycles. The van der Waals surface area contributed by atoms with Crippen molar-refractivity contribution in [3.8, 4) is 0 Å². The molecule has 0 aliphatic heterocycles. The molecular weight excluding hydrogens is 155 g/mol. The number of hydrogen-bond donors (Lipinski definition) is 1. The fourth-order valence-corrected chi connectivity index (χ4v) is 0.465. The van der Waals surface area contributed by atoms with Gasteiger partial charge in [-0.2, -0.15) is 0 Å². The van der Waals surface area contributed by atoms with Gasteiger partial charge < -0.3 is 5.73 Å². The third-order valence-electron chi connectivity index (χ3n) is 0.918. The molecule has 0 fully saturated rings. The molecule has 1 nitrogen and oxygen atoms in total. The average Bonchev–Trinajstić information content (AvgIpc) is 1.81. The third-order valence-corrected chi connectivity index (χ3v) is 0.918. The van der Waals surface area contributed by atoms with Crippen LogP contribution in [0.4, 0.5) is 13.2 Å². The van der Waals surface area contributed by atoms with Crippen LogP contribution in [-0.2, 0) is 0 Å². The molecule has 0 rings (SSSR count). The SMILES string of the molecule is C=C(F)/C=C(\C(=C)N)C(F)F. The van der Waals surface area contributed by atoms with Gasteiger partial charge in [-0.05, 0) is 6.08 Å². The zero-order valence-electron chi connectivity index (χ0n) is 5.78. The lowest BCUT2D eigenvalue weighted by molar-refractivity contribution is 0.192. The molecule has 0 aromatic rings. The van der Waals surface area contributed by atoms with E-state index in [1.54, 1.807) is 0 Å². The Labute approximate surface area is 62.7 Å². The van der Waals surface area contributed by atoms with E-state index in [9.17, 15) is 13.2 Å². The van der Waals surface area contributed by atoms with E-state index < -0.39 is 17.8 Å². The van der Waals surface area contributed by atoms with Crippen LogP contribution in [0, 0.1) is 0 Å². The minimum absolute atomic E-state index is 0.348. The summed E-state index contributed by atoms with van der Waals surface area (Å²) in [5, 5.41) is 0. The van der Waals surface area contributed by atoms with Crippen LogP contribution in [0.2, 0.25) is 0 Å². The first-order valence-electron chi connectivity index (χ1n) is 2.74. The van der Waals surface area contributed by atoms with Gasteiger partial charge >= 0.3 is 0 Å². The lowest BCUT2D eigenvalue weighted by atomic mass is 10.2. The van der Waals surface area contributed by atoms with Crippen LogP contribution in [0.15, 0.2) is 36.3 Å². The first-order valence-corrected chi connectivity index (χ1v) is 2.74. The maximum absolute atomic E-state index is 12.0. The number of halogens is 3. The normalized spacial score (nSPS) is 11.8. The summed E-state index contributed by atoms with van der Waals surface area (Å²) < 4.78 is 35.8. The van der Waals surface area contributed by atoms with E-state index in [1.807, 2.05) is 0 Å². The maximum Gasteiger partial charge on any atom is 0.265 e. The van der Waals surface area contributed by atoms with Crippen LogP contribution in [0.1, 0.15) is 0 Å². The molecule has 62 valence electrons. The number of nitrogens with two attached hydrogens (primary N) is 1. The summed E-state index contributed by atoms with van der Waals surface area (Å²) in [6.45, 7) is 5.84. The molecule has 0 aromatic heterocycles. The topological polar surface area (TPSA) is 26.0 Å². The first-order chi connectivity index (χ1) is 4.95. The van der Waals surface area contributed by atoms with Crippen LogP contribution in [-0.4, -0.2) is 6.43 Å². The molecule has 0 saturated carbocycles. The second-order valence-electron chi connectivity index (χ2n) is 1.87. The van der Waals surface area contributed by atoms with Gasteiger partial charge in [-0.3, -0.25) is 0 Å². The van der Waals surface area contributed by atoms with Crippen molar-refractivity contribution >= 4 is 0 Å². The van der Waals surface area contributed by atoms with E-state index in [1.165, 1.54) is 0 Å². The van der Waals surface area contributed by atoms with Gasteiger partial charge in [0.2, 0.25) is 0 Å². The molecule has 0 amide bonds. The van der Waals surface area contributed by atoms with Crippen molar-refractivity contribution in [3.05, 3.63) is 36.3 Å². The minimum Gasteiger partial charge on any atom is -0.399 e. The summed E-state index contributed by atoms with van der Waals surface area (Å²) >= 11 is 0. The van der Waals surface area contributed by atoms with E-state index in [0.717, 1.165) is 0 Å². The molecule has 0 saturated heterocycles. The molecule has 0 aliphatic carbocycles. The highest BCUT2D eigenvalue weighted by atomic mass is 19.3. The Kier molecular flexibility index (Phi) is 3.44. The van der Waals surface area contributed by atoms with Crippen LogP contribution >= 0.6 is 0 Å². The molecule has 0 aliphatic rings. The lowest BCUT2D eigenvalue weighted by Gasteiger charge is -2.03. The van der Waals surface area contributed by atoms with Gasteiger partial charge in [0.15, 0.2) is 0 Å². The van der Waals surface area contributed by atoms with Crippen molar-refractivity contribution in [1.82, 2.24) is 0 Å². The highest BCUT2D eigenvalue weighted by molar-refractivity contribution is 5.32. The van der Waals surface area contributed by atoms with Gasteiger partial charge in [-0.1, -0.05) is 13.2 Å². The molecule has 0 radical (unpaired) electrons. The largest absolute Gasteiger partial charge is 0.399 e. The summed E-state index contributed by atoms with van der Waals surface area (Å²) in [5.41, 5.74) is 3.96. The minimum atomic E-state index is -2.82. The van der Waals surface area contributed by atoms with Gasteiger partial charge in [-0.15, -0.1) is 0 Å². The molecule has 0 atom stereocenters. The number of rotatable bonds is 3. The van der Waals surface area contributed by atoms with Gasteiger partial charge in [0.05, 0.1) is 0 Å². The Bertz CT molecular complexity index is 206. The summed E-state index contributed by atoms with van der Waals surface area (Å²) in [4.78, 5) is 0. The smallest absolute Gasteiger partial charge is 0.265 e. The maximum atomic E-state index is 12.0. The van der Waals surface area contributed by atoms with Gasteiger partial charge in [-0.25, -0.2) is 13.2 Å². The molecule has 11 heavy (non-hydrogen) atoms. The zero-order chi connectivity index (χ0) is 9.02. The van der Waals surface area contributed by atoms with Crippen molar-refractivity contribution in [2.75, 3.05) is 0 Å². The molecule has 2 N–H and O–H groups in total. The molecule has 0 spiro atoms. The van der Waals surface area contributed by atoms with Crippen LogP contribution in [0.5, 0.6) is 0 Å². The Morgan fingerprint density at radius 2 is 1.82 bits per heavy atom. The van der Waals surface area contributed by atoms with Crippen LogP contribution in [0.3, 0.4) is 0 Å². The number of alkyl halides is 2. The van der Waals surface area contributed by atoms with Crippen LogP contribution < -0.4 is 5.73 Å². The second kappa shape index (κ2) is 3.85. The first kappa shape index (κ1) is 9.81. The van der Waals surface area contributed by atoms with Crippen molar-refractivity contribution in [1.29, 1.82) is 0 Å². The van der Waals surface area contributed by atoms with Crippen molar-refractivity contribution in [3.63, 3.8) is 0 Å². The standard InChI is InChI=1S/C7H8F3N/c1-4(8)3-6(5(2)11)7(9)10/h3,7H,1-2,11H2/b6-3+. The van der Waals surface area contributed by atoms with E-state index in [4.69, 9.17) is 5.73 Å². The Morgan fingerprint density at radius 1 is 1.36 bits per heavy atom. The molecule has 0 bridgehead atoms. The Hall–Kier alpha value is -1.19. The van der Waals surface area contributed by atoms with Crippen LogP contribution in [0.25, 0.3) is 0 Å². The van der Waals surface area contributed by atoms with E-state index in [0.29, 0.717) is 6.08 Å². The van der Waals surface area contributed by atoms with Gasteiger partial charge in [0.25, 0.3) is 6.43 Å². The second-order valence-corrected chi connectivity index (χ2v) is 1.87. The molecular formula is C7H8F3N. The zero-order valence-corrected chi connectivity index (χ0v) is 5.78. The summed E-state index contributed by atoms with van der Waals surface area (Å²) in [6.07, 6.45) is -2.26. The Balaban J connectivity index is 4.60. The van der Waals surface area contributed by atoms with E-state index in [-0.39, 0.29) is 5.70 Å². The Morgan fingerprint density at radius 3 is 1.91 bits per heavy atom. The van der Waals surface area contributed by atoms with E-state index >= 15 is 0 Å². The van der Waals surface area contributed by atoms with E-state index in [2.05, 4.69) is 13.2 Å². The summed E-state index contributed by atoms with van der Waals surface area (Å²) in [5.74, 6) is -0.966. The molecule has 0 heterocycles. The molecule has 0 unspecified atom stereocenters. The highest BCUT2D eigenvalue weighted by Gasteiger charge is 2.12. The average molecular weight is 163 g/mol. The number of allylic oxidation sites excluding steroid dienone is 3. The highest BCUT2D eigenvalue weighted by Crippen LogP contribution is 2.15. The predicted molar refractivity (Wildman–Crippen MR) is 37.7 cm³/mol. The number of hydrogen-bond acceptors (Lipinski definition) is 1. The van der Waals surface area contributed by atoms with Gasteiger partial charge in [0.1, 0.15) is 5.83 Å². The van der Waals surface area contributed by atoms with Gasteiger partial charge in [0, 0.05) is 11.3 Å². The van der Waals surface area contributed by atoms with Crippen molar-refractivity contribution < 1.29 is 13.2 Å². The summed E-state index contributed by atoms with van der Waals surface area (Å²) in [6, 6.07) is 0. The third kappa shape index (κ3) is 3.50. The summed E-state index contributed by atoms with van der Waals surface area (Å²) in [7, 11) is 0. The predicted octanol–water partition coefficient (Wildman–Crippen LogP) is 2.13. The monoisotopic (exact) mass is 163 g/mol. The lowest BCUT2D eigenvalue weighted by Crippen LogP contribution is -2.06. The molecule has 4 heteroatoms.